The molecule has 0 atom stereocenters. The number of carbonyl (C=O) groups is 1. The van der Waals surface area contributed by atoms with Crippen molar-refractivity contribution < 1.29 is 14.6 Å². The second kappa shape index (κ2) is 8.20. The predicted molar refractivity (Wildman–Crippen MR) is 105 cm³/mol. The molecule has 27 heavy (non-hydrogen) atoms. The fourth-order valence-electron chi connectivity index (χ4n) is 2.90. The number of aromatic nitrogens is 2. The third-order valence-corrected chi connectivity index (χ3v) is 4.29. The summed E-state index contributed by atoms with van der Waals surface area (Å²) >= 11 is 6.17. The minimum Gasteiger partial charge on any atom is -0.494 e. The van der Waals surface area contributed by atoms with Crippen LogP contribution in [-0.2, 0) is 11.3 Å². The smallest absolute Gasteiger partial charge is 0.317 e. The van der Waals surface area contributed by atoms with Crippen molar-refractivity contribution in [3.63, 3.8) is 0 Å². The number of fused-ring (bicyclic) bond motifs is 1. The minimum absolute atomic E-state index is 0.154. The van der Waals surface area contributed by atoms with Crippen molar-refractivity contribution in [2.45, 2.75) is 6.54 Å². The summed E-state index contributed by atoms with van der Waals surface area (Å²) in [5.41, 5.74) is 3.24. The Morgan fingerprint density at radius 1 is 1.33 bits per heavy atom. The topological polar surface area (TPSA) is 96.4 Å². The van der Waals surface area contributed by atoms with E-state index in [4.69, 9.17) is 21.4 Å². The van der Waals surface area contributed by atoms with Crippen molar-refractivity contribution in [1.82, 2.24) is 15.3 Å². The highest BCUT2D eigenvalue weighted by molar-refractivity contribution is 6.30. The molecule has 0 unspecified atom stereocenters. The number of halogens is 1. The summed E-state index contributed by atoms with van der Waals surface area (Å²) in [6.07, 6.45) is 1.74. The summed E-state index contributed by atoms with van der Waals surface area (Å²) in [7, 11) is 3.31. The van der Waals surface area contributed by atoms with Gasteiger partial charge in [0.15, 0.2) is 0 Å². The number of hydrogen-bond donors (Lipinski definition) is 3. The van der Waals surface area contributed by atoms with Crippen molar-refractivity contribution in [2.75, 3.05) is 26.0 Å². The van der Waals surface area contributed by atoms with E-state index in [2.05, 4.69) is 20.6 Å². The third kappa shape index (κ3) is 4.10. The minimum atomic E-state index is -0.926. The monoisotopic (exact) mass is 386 g/mol. The summed E-state index contributed by atoms with van der Waals surface area (Å²) in [6.45, 7) is 0.164. The first-order valence-corrected chi connectivity index (χ1v) is 8.64. The molecule has 1 aromatic heterocycles. The van der Waals surface area contributed by atoms with E-state index in [0.717, 1.165) is 22.1 Å². The molecule has 140 valence electrons. The van der Waals surface area contributed by atoms with Crippen molar-refractivity contribution in [1.29, 1.82) is 0 Å². The number of aliphatic carboxylic acids is 1. The Bertz CT molecular complexity index is 994. The third-order valence-electron chi connectivity index (χ3n) is 4.06. The van der Waals surface area contributed by atoms with Gasteiger partial charge in [-0.25, -0.2) is 9.97 Å². The largest absolute Gasteiger partial charge is 0.494 e. The molecular formula is C19H19ClN4O3. The molecule has 0 saturated heterocycles. The lowest BCUT2D eigenvalue weighted by Crippen LogP contribution is -2.22. The van der Waals surface area contributed by atoms with E-state index in [1.807, 2.05) is 30.3 Å². The Balaban J connectivity index is 2.22. The summed E-state index contributed by atoms with van der Waals surface area (Å²) in [5.74, 6) is 0.116. The molecule has 3 rings (SSSR count). The second-order valence-corrected chi connectivity index (χ2v) is 6.27. The fraction of sp³-hybridized carbons (Fsp3) is 0.211. The van der Waals surface area contributed by atoms with E-state index in [9.17, 15) is 4.79 Å². The van der Waals surface area contributed by atoms with Crippen LogP contribution in [-0.4, -0.2) is 41.7 Å². The predicted octanol–water partition coefficient (Wildman–Crippen LogP) is 3.17. The van der Waals surface area contributed by atoms with Crippen LogP contribution in [0.5, 0.6) is 5.75 Å². The first-order chi connectivity index (χ1) is 13.0. The lowest BCUT2D eigenvalue weighted by Gasteiger charge is -2.16. The lowest BCUT2D eigenvalue weighted by molar-refractivity contribution is -0.136. The van der Waals surface area contributed by atoms with E-state index in [0.29, 0.717) is 28.8 Å². The fourth-order valence-corrected chi connectivity index (χ4v) is 3.09. The maximum Gasteiger partial charge on any atom is 0.317 e. The van der Waals surface area contributed by atoms with Crippen LogP contribution in [0.1, 0.15) is 5.56 Å². The number of nitrogens with zero attached hydrogens (tertiary/aromatic N) is 2. The molecule has 0 aliphatic heterocycles. The zero-order valence-electron chi connectivity index (χ0n) is 14.9. The zero-order valence-corrected chi connectivity index (χ0v) is 15.7. The van der Waals surface area contributed by atoms with Gasteiger partial charge in [0.25, 0.3) is 0 Å². The van der Waals surface area contributed by atoms with Gasteiger partial charge in [-0.15, -0.1) is 0 Å². The van der Waals surface area contributed by atoms with Crippen LogP contribution in [0.25, 0.3) is 22.0 Å². The molecule has 0 aliphatic rings. The van der Waals surface area contributed by atoms with Gasteiger partial charge in [-0.2, -0.15) is 0 Å². The molecule has 0 aliphatic carbocycles. The van der Waals surface area contributed by atoms with Crippen molar-refractivity contribution in [3.05, 3.63) is 47.1 Å². The van der Waals surface area contributed by atoms with E-state index in [1.165, 1.54) is 0 Å². The zero-order chi connectivity index (χ0) is 19.4. The number of anilines is 1. The summed E-state index contributed by atoms with van der Waals surface area (Å²) in [4.78, 5) is 19.7. The number of carboxylic acid groups (broad SMARTS) is 1. The van der Waals surface area contributed by atoms with Crippen molar-refractivity contribution in [3.8, 4) is 16.9 Å². The van der Waals surface area contributed by atoms with Crippen LogP contribution >= 0.6 is 11.6 Å². The number of carboxylic acids is 1. The molecule has 7 nitrogen and oxygen atoms in total. The average Bonchev–Trinajstić information content (AvgIpc) is 2.66. The van der Waals surface area contributed by atoms with E-state index in [-0.39, 0.29) is 6.54 Å². The molecule has 8 heteroatoms. The Morgan fingerprint density at radius 2 is 2.15 bits per heavy atom. The van der Waals surface area contributed by atoms with Crippen molar-refractivity contribution >= 4 is 34.4 Å². The number of nitrogens with one attached hydrogen (secondary N) is 2. The highest BCUT2D eigenvalue weighted by atomic mass is 35.5. The van der Waals surface area contributed by atoms with Gasteiger partial charge in [0.1, 0.15) is 11.3 Å². The van der Waals surface area contributed by atoms with Gasteiger partial charge in [0, 0.05) is 35.8 Å². The summed E-state index contributed by atoms with van der Waals surface area (Å²) in [6, 6.07) is 9.45. The summed E-state index contributed by atoms with van der Waals surface area (Å²) < 4.78 is 5.60. The van der Waals surface area contributed by atoms with Gasteiger partial charge in [0.05, 0.1) is 13.7 Å². The average molecular weight is 387 g/mol. The number of benzene rings is 2. The molecule has 2 aromatic carbocycles. The van der Waals surface area contributed by atoms with Gasteiger partial charge >= 0.3 is 5.97 Å². The molecule has 0 fully saturated rings. The standard InChI is InChI=1S/C19H19ClN4O3/c1-21-19-23-9-15-14(11-4-3-5-13(20)6-11)7-12(8-22-10-16(25)26)18(27-2)17(15)24-19/h3-7,9,22H,8,10H2,1-2H3,(H,25,26)(H,21,23,24). The highest BCUT2D eigenvalue weighted by Crippen LogP contribution is 2.37. The molecule has 0 radical (unpaired) electrons. The molecular weight excluding hydrogens is 368 g/mol. The molecule has 0 amide bonds. The molecule has 0 saturated carbocycles. The van der Waals surface area contributed by atoms with Crippen molar-refractivity contribution in [2.24, 2.45) is 0 Å². The van der Waals surface area contributed by atoms with Crippen LogP contribution in [0, 0.1) is 0 Å². The molecule has 0 spiro atoms. The van der Waals surface area contributed by atoms with E-state index >= 15 is 0 Å². The summed E-state index contributed by atoms with van der Waals surface area (Å²) in [5, 5.41) is 16.1. The quantitative estimate of drug-likeness (QED) is 0.573. The van der Waals surface area contributed by atoms with Gasteiger partial charge in [0.2, 0.25) is 5.95 Å². The normalized spacial score (nSPS) is 10.8. The second-order valence-electron chi connectivity index (χ2n) is 5.83. The van der Waals surface area contributed by atoms with E-state index < -0.39 is 5.97 Å². The van der Waals surface area contributed by atoms with Gasteiger partial charge < -0.3 is 20.5 Å². The Morgan fingerprint density at radius 3 is 2.81 bits per heavy atom. The highest BCUT2D eigenvalue weighted by Gasteiger charge is 2.17. The molecule has 3 N–H and O–H groups in total. The van der Waals surface area contributed by atoms with Crippen LogP contribution in [0.15, 0.2) is 36.5 Å². The van der Waals surface area contributed by atoms with Crippen LogP contribution in [0.2, 0.25) is 5.02 Å². The number of ether oxygens (including phenoxy) is 1. The number of methoxy groups -OCH3 is 1. The number of rotatable bonds is 7. The van der Waals surface area contributed by atoms with E-state index in [1.54, 1.807) is 20.4 Å². The number of hydrogen-bond acceptors (Lipinski definition) is 6. The first-order valence-electron chi connectivity index (χ1n) is 8.26. The van der Waals surface area contributed by atoms with Gasteiger partial charge in [-0.3, -0.25) is 4.79 Å². The SMILES string of the molecule is CNc1ncc2c(-c3cccc(Cl)c3)cc(CNCC(=O)O)c(OC)c2n1. The lowest BCUT2D eigenvalue weighted by atomic mass is 9.97. The Hall–Kier alpha value is -2.90. The molecule has 1 heterocycles. The van der Waals surface area contributed by atoms with Crippen LogP contribution in [0.4, 0.5) is 5.95 Å². The van der Waals surface area contributed by atoms with Gasteiger partial charge in [-0.05, 0) is 29.3 Å². The molecule has 3 aromatic rings. The Labute approximate surface area is 161 Å². The molecule has 0 bridgehead atoms. The Kier molecular flexibility index (Phi) is 5.73. The maximum absolute atomic E-state index is 10.8. The van der Waals surface area contributed by atoms with Crippen LogP contribution < -0.4 is 15.4 Å². The van der Waals surface area contributed by atoms with Crippen LogP contribution in [0.3, 0.4) is 0 Å². The maximum atomic E-state index is 10.8. The van der Waals surface area contributed by atoms with Gasteiger partial charge in [-0.1, -0.05) is 23.7 Å². The first kappa shape index (κ1) is 18.9.